The van der Waals surface area contributed by atoms with Crippen molar-refractivity contribution < 1.29 is 9.90 Å². The zero-order chi connectivity index (χ0) is 14.8. The lowest BCUT2D eigenvalue weighted by Crippen LogP contribution is -2.38. The molecule has 0 saturated heterocycles. The Bertz CT molecular complexity index is 545. The zero-order valence-corrected chi connectivity index (χ0v) is 11.9. The van der Waals surface area contributed by atoms with E-state index in [0.29, 0.717) is 11.6 Å². The van der Waals surface area contributed by atoms with Crippen LogP contribution in [0.5, 0.6) is 0 Å². The smallest absolute Gasteiger partial charge is 0.305 e. The van der Waals surface area contributed by atoms with E-state index >= 15 is 0 Å². The third-order valence-corrected chi connectivity index (χ3v) is 3.75. The fourth-order valence-corrected chi connectivity index (χ4v) is 2.77. The van der Waals surface area contributed by atoms with Crippen molar-refractivity contribution >= 4 is 11.8 Å². The lowest BCUT2D eigenvalue weighted by molar-refractivity contribution is -0.138. The normalized spacial score (nSPS) is 17.4. The predicted molar refractivity (Wildman–Crippen MR) is 76.0 cm³/mol. The Kier molecular flexibility index (Phi) is 4.11. The van der Waals surface area contributed by atoms with Crippen LogP contribution in [-0.4, -0.2) is 26.6 Å². The number of carboxylic acids is 1. The molecule has 1 aliphatic rings. The van der Waals surface area contributed by atoms with Crippen LogP contribution in [0.1, 0.15) is 57.7 Å². The van der Waals surface area contributed by atoms with Gasteiger partial charge in [0, 0.05) is 17.5 Å². The minimum Gasteiger partial charge on any atom is -0.481 e. The first-order valence-electron chi connectivity index (χ1n) is 7.01. The van der Waals surface area contributed by atoms with Crippen molar-refractivity contribution in [3.05, 3.63) is 22.2 Å². The second-order valence-electron chi connectivity index (χ2n) is 5.85. The third-order valence-electron chi connectivity index (χ3n) is 3.75. The number of hydrogen-bond donors (Lipinski definition) is 3. The Morgan fingerprint density at radius 1 is 1.50 bits per heavy atom. The molecule has 0 unspecified atom stereocenters. The minimum atomic E-state index is -0.826. The largest absolute Gasteiger partial charge is 0.481 e. The molecule has 0 amide bonds. The first kappa shape index (κ1) is 14.6. The molecule has 1 fully saturated rings. The first-order chi connectivity index (χ1) is 9.40. The molecule has 1 aromatic heterocycles. The SMILES string of the molecule is CC(C)c1nc(NC2(CC(=O)O)CCCC2)cc(=O)[nH]1. The van der Waals surface area contributed by atoms with E-state index in [1.165, 1.54) is 6.07 Å². The van der Waals surface area contributed by atoms with Crippen molar-refractivity contribution in [1.29, 1.82) is 0 Å². The van der Waals surface area contributed by atoms with Gasteiger partial charge in [-0.3, -0.25) is 9.59 Å². The molecule has 20 heavy (non-hydrogen) atoms. The number of hydrogen-bond acceptors (Lipinski definition) is 4. The summed E-state index contributed by atoms with van der Waals surface area (Å²) in [5.41, 5.74) is -0.685. The van der Waals surface area contributed by atoms with Crippen LogP contribution in [0.2, 0.25) is 0 Å². The van der Waals surface area contributed by atoms with Gasteiger partial charge in [0.05, 0.1) is 6.42 Å². The summed E-state index contributed by atoms with van der Waals surface area (Å²) < 4.78 is 0. The van der Waals surface area contributed by atoms with Gasteiger partial charge >= 0.3 is 5.97 Å². The van der Waals surface area contributed by atoms with Gasteiger partial charge in [-0.25, -0.2) is 4.98 Å². The molecule has 1 saturated carbocycles. The monoisotopic (exact) mass is 279 g/mol. The van der Waals surface area contributed by atoms with Gasteiger partial charge in [0.1, 0.15) is 11.6 Å². The molecular formula is C14H21N3O3. The van der Waals surface area contributed by atoms with Gasteiger partial charge in [0.15, 0.2) is 0 Å². The van der Waals surface area contributed by atoms with Crippen LogP contribution in [0.3, 0.4) is 0 Å². The van der Waals surface area contributed by atoms with E-state index in [9.17, 15) is 9.59 Å². The Balaban J connectivity index is 2.27. The van der Waals surface area contributed by atoms with Gasteiger partial charge in [-0.2, -0.15) is 0 Å². The number of nitrogens with one attached hydrogen (secondary N) is 2. The van der Waals surface area contributed by atoms with Crippen LogP contribution in [0.25, 0.3) is 0 Å². The Morgan fingerprint density at radius 2 is 2.15 bits per heavy atom. The van der Waals surface area contributed by atoms with Crippen molar-refractivity contribution in [2.75, 3.05) is 5.32 Å². The lowest BCUT2D eigenvalue weighted by atomic mass is 9.93. The van der Waals surface area contributed by atoms with Crippen LogP contribution >= 0.6 is 0 Å². The number of anilines is 1. The highest BCUT2D eigenvalue weighted by Crippen LogP contribution is 2.35. The van der Waals surface area contributed by atoms with Gasteiger partial charge in [-0.15, -0.1) is 0 Å². The van der Waals surface area contributed by atoms with Gasteiger partial charge in [0.2, 0.25) is 0 Å². The second-order valence-corrected chi connectivity index (χ2v) is 5.85. The Morgan fingerprint density at radius 3 is 2.70 bits per heavy atom. The fourth-order valence-electron chi connectivity index (χ4n) is 2.77. The minimum absolute atomic E-state index is 0.0541. The molecule has 1 heterocycles. The van der Waals surface area contributed by atoms with Gasteiger partial charge in [-0.05, 0) is 12.8 Å². The summed E-state index contributed by atoms with van der Waals surface area (Å²) in [5, 5.41) is 12.3. The highest BCUT2D eigenvalue weighted by molar-refractivity contribution is 5.69. The third kappa shape index (κ3) is 3.37. The number of H-pyrrole nitrogens is 1. The van der Waals surface area contributed by atoms with E-state index in [1.807, 2.05) is 13.8 Å². The van der Waals surface area contributed by atoms with Crippen LogP contribution in [0.4, 0.5) is 5.82 Å². The number of carbonyl (C=O) groups is 1. The number of aliphatic carboxylic acids is 1. The molecule has 1 aliphatic carbocycles. The lowest BCUT2D eigenvalue weighted by Gasteiger charge is -2.29. The first-order valence-corrected chi connectivity index (χ1v) is 7.01. The Hall–Kier alpha value is -1.85. The average molecular weight is 279 g/mol. The standard InChI is InChI=1S/C14H21N3O3/c1-9(2)13-15-10(7-11(18)16-13)17-14(8-12(19)20)5-3-4-6-14/h7,9H,3-6,8H2,1-2H3,(H,19,20)(H2,15,16,17,18). The number of nitrogens with zero attached hydrogens (tertiary/aromatic N) is 1. The number of aromatic nitrogens is 2. The van der Waals surface area contributed by atoms with E-state index in [0.717, 1.165) is 25.7 Å². The topological polar surface area (TPSA) is 95.1 Å². The number of aromatic amines is 1. The molecule has 110 valence electrons. The maximum Gasteiger partial charge on any atom is 0.305 e. The zero-order valence-electron chi connectivity index (χ0n) is 11.9. The summed E-state index contributed by atoms with van der Waals surface area (Å²) in [4.78, 5) is 29.8. The summed E-state index contributed by atoms with van der Waals surface area (Å²) in [5.74, 6) is 0.376. The molecule has 2 rings (SSSR count). The van der Waals surface area contributed by atoms with E-state index in [2.05, 4.69) is 15.3 Å². The predicted octanol–water partition coefficient (Wildman–Crippen LogP) is 2.09. The molecule has 0 bridgehead atoms. The molecule has 0 atom stereocenters. The van der Waals surface area contributed by atoms with E-state index in [4.69, 9.17) is 5.11 Å². The van der Waals surface area contributed by atoms with E-state index in [-0.39, 0.29) is 17.9 Å². The molecular weight excluding hydrogens is 258 g/mol. The fraction of sp³-hybridized carbons (Fsp3) is 0.643. The molecule has 0 aliphatic heterocycles. The summed E-state index contributed by atoms with van der Waals surface area (Å²) in [7, 11) is 0. The van der Waals surface area contributed by atoms with E-state index in [1.54, 1.807) is 0 Å². The van der Waals surface area contributed by atoms with Gasteiger partial charge in [-0.1, -0.05) is 26.7 Å². The summed E-state index contributed by atoms with van der Waals surface area (Å²) in [6.07, 6.45) is 3.65. The highest BCUT2D eigenvalue weighted by Gasteiger charge is 2.36. The van der Waals surface area contributed by atoms with Crippen LogP contribution in [-0.2, 0) is 4.79 Å². The maximum atomic E-state index is 11.7. The Labute approximate surface area is 117 Å². The molecule has 0 radical (unpaired) electrons. The molecule has 0 aromatic carbocycles. The van der Waals surface area contributed by atoms with Crippen molar-refractivity contribution in [2.24, 2.45) is 0 Å². The molecule has 1 aromatic rings. The number of rotatable bonds is 5. The van der Waals surface area contributed by atoms with Gasteiger partial charge in [0.25, 0.3) is 5.56 Å². The molecule has 0 spiro atoms. The van der Waals surface area contributed by atoms with Crippen molar-refractivity contribution in [2.45, 2.75) is 57.4 Å². The molecule has 6 heteroatoms. The molecule has 3 N–H and O–H groups in total. The summed E-state index contributed by atoms with van der Waals surface area (Å²) >= 11 is 0. The maximum absolute atomic E-state index is 11.7. The van der Waals surface area contributed by atoms with Crippen molar-refractivity contribution in [3.63, 3.8) is 0 Å². The van der Waals surface area contributed by atoms with Crippen molar-refractivity contribution in [3.8, 4) is 0 Å². The van der Waals surface area contributed by atoms with Crippen LogP contribution < -0.4 is 10.9 Å². The summed E-state index contributed by atoms with van der Waals surface area (Å²) in [6.45, 7) is 3.90. The second kappa shape index (κ2) is 5.64. The van der Waals surface area contributed by atoms with Crippen molar-refractivity contribution in [1.82, 2.24) is 9.97 Å². The average Bonchev–Trinajstić information content (AvgIpc) is 2.75. The quantitative estimate of drug-likeness (QED) is 0.767. The van der Waals surface area contributed by atoms with E-state index < -0.39 is 11.5 Å². The molecule has 6 nitrogen and oxygen atoms in total. The van der Waals surface area contributed by atoms with Crippen LogP contribution in [0, 0.1) is 0 Å². The van der Waals surface area contributed by atoms with Gasteiger partial charge < -0.3 is 15.4 Å². The highest BCUT2D eigenvalue weighted by atomic mass is 16.4. The van der Waals surface area contributed by atoms with Crippen LogP contribution in [0.15, 0.2) is 10.9 Å². The number of carboxylic acid groups (broad SMARTS) is 1. The summed E-state index contributed by atoms with van der Waals surface area (Å²) in [6, 6.07) is 1.40.